The van der Waals surface area contributed by atoms with E-state index in [0.717, 1.165) is 25.4 Å². The van der Waals surface area contributed by atoms with Gasteiger partial charge in [0.15, 0.2) is 0 Å². The molecule has 0 atom stereocenters. The standard InChI is InChI=1S/C13H27NO/c1-11(2,15)7-8-14-9-10-12(3,4)13(10,5)6/h10,14-15H,7-9H2,1-6H3. The molecule has 0 bridgehead atoms. The molecule has 0 aromatic carbocycles. The minimum absolute atomic E-state index is 0.467. The van der Waals surface area contributed by atoms with E-state index in [0.29, 0.717) is 10.8 Å². The smallest absolute Gasteiger partial charge is 0.0603 e. The molecule has 0 aromatic heterocycles. The molecule has 0 unspecified atom stereocenters. The van der Waals surface area contributed by atoms with Gasteiger partial charge in [-0.15, -0.1) is 0 Å². The lowest BCUT2D eigenvalue weighted by Crippen LogP contribution is -2.28. The van der Waals surface area contributed by atoms with Crippen LogP contribution in [0.15, 0.2) is 0 Å². The van der Waals surface area contributed by atoms with Crippen LogP contribution in [0.2, 0.25) is 0 Å². The molecule has 0 radical (unpaired) electrons. The predicted molar refractivity (Wildman–Crippen MR) is 64.8 cm³/mol. The fraction of sp³-hybridized carbons (Fsp3) is 1.00. The van der Waals surface area contributed by atoms with Crippen LogP contribution in [0.5, 0.6) is 0 Å². The lowest BCUT2D eigenvalue weighted by atomic mass is 10.0. The molecular formula is C13H27NO. The van der Waals surface area contributed by atoms with Gasteiger partial charge in [0.25, 0.3) is 0 Å². The van der Waals surface area contributed by atoms with Crippen molar-refractivity contribution in [2.24, 2.45) is 16.7 Å². The summed E-state index contributed by atoms with van der Waals surface area (Å²) >= 11 is 0. The lowest BCUT2D eigenvalue weighted by Gasteiger charge is -2.17. The second-order valence-corrected chi connectivity index (χ2v) is 6.76. The zero-order valence-corrected chi connectivity index (χ0v) is 11.1. The summed E-state index contributed by atoms with van der Waals surface area (Å²) in [7, 11) is 0. The summed E-state index contributed by atoms with van der Waals surface area (Å²) in [4.78, 5) is 0. The van der Waals surface area contributed by atoms with Crippen molar-refractivity contribution in [2.75, 3.05) is 13.1 Å². The van der Waals surface area contributed by atoms with Crippen LogP contribution in [0.3, 0.4) is 0 Å². The molecule has 0 saturated heterocycles. The Hall–Kier alpha value is -0.0800. The van der Waals surface area contributed by atoms with Gasteiger partial charge in [-0.1, -0.05) is 27.7 Å². The van der Waals surface area contributed by atoms with Crippen molar-refractivity contribution in [3.8, 4) is 0 Å². The Labute approximate surface area is 94.5 Å². The second kappa shape index (κ2) is 3.74. The molecule has 15 heavy (non-hydrogen) atoms. The minimum Gasteiger partial charge on any atom is -0.390 e. The Morgan fingerprint density at radius 1 is 1.13 bits per heavy atom. The summed E-state index contributed by atoms with van der Waals surface area (Å²) in [6, 6.07) is 0. The Bertz CT molecular complexity index is 211. The Balaban J connectivity index is 2.19. The van der Waals surface area contributed by atoms with Gasteiger partial charge < -0.3 is 10.4 Å². The molecule has 0 spiro atoms. The van der Waals surface area contributed by atoms with Crippen molar-refractivity contribution in [3.05, 3.63) is 0 Å². The third-order valence-electron chi connectivity index (χ3n) is 4.58. The van der Waals surface area contributed by atoms with E-state index in [1.165, 1.54) is 0 Å². The highest BCUT2D eigenvalue weighted by Crippen LogP contribution is 2.67. The third-order valence-corrected chi connectivity index (χ3v) is 4.58. The molecule has 2 N–H and O–H groups in total. The summed E-state index contributed by atoms with van der Waals surface area (Å²) in [5, 5.41) is 13.0. The van der Waals surface area contributed by atoms with Gasteiger partial charge in [0.05, 0.1) is 5.60 Å². The van der Waals surface area contributed by atoms with Crippen LogP contribution in [-0.4, -0.2) is 23.8 Å². The molecule has 90 valence electrons. The number of aliphatic hydroxyl groups is 1. The van der Waals surface area contributed by atoms with E-state index in [1.807, 2.05) is 13.8 Å². The first kappa shape index (κ1) is 13.0. The van der Waals surface area contributed by atoms with Gasteiger partial charge in [-0.2, -0.15) is 0 Å². The average Bonchev–Trinajstić information content (AvgIpc) is 2.36. The van der Waals surface area contributed by atoms with Crippen LogP contribution < -0.4 is 5.32 Å². The van der Waals surface area contributed by atoms with Gasteiger partial charge in [-0.25, -0.2) is 0 Å². The van der Waals surface area contributed by atoms with Crippen LogP contribution in [0, 0.1) is 16.7 Å². The van der Waals surface area contributed by atoms with Crippen LogP contribution in [0.4, 0.5) is 0 Å². The summed E-state index contributed by atoms with van der Waals surface area (Å²) < 4.78 is 0. The molecule has 1 aliphatic rings. The normalized spacial score (nSPS) is 24.2. The first-order valence-corrected chi connectivity index (χ1v) is 6.02. The molecule has 2 heteroatoms. The number of hydrogen-bond acceptors (Lipinski definition) is 2. The van der Waals surface area contributed by atoms with Crippen molar-refractivity contribution in [1.29, 1.82) is 0 Å². The Morgan fingerprint density at radius 3 is 1.93 bits per heavy atom. The van der Waals surface area contributed by atoms with Crippen LogP contribution >= 0.6 is 0 Å². The summed E-state index contributed by atoms with van der Waals surface area (Å²) in [6.45, 7) is 15.1. The molecule has 1 fully saturated rings. The zero-order chi connectivity index (χ0) is 11.9. The van der Waals surface area contributed by atoms with Crippen LogP contribution in [0.25, 0.3) is 0 Å². The van der Waals surface area contributed by atoms with Crippen LogP contribution in [0.1, 0.15) is 48.0 Å². The highest BCUT2D eigenvalue weighted by atomic mass is 16.3. The SMILES string of the molecule is CC(C)(O)CCNCC1C(C)(C)C1(C)C. The predicted octanol–water partition coefficient (Wildman–Crippen LogP) is 2.42. The highest BCUT2D eigenvalue weighted by molar-refractivity contribution is 5.12. The number of hydrogen-bond donors (Lipinski definition) is 2. The summed E-state index contributed by atoms with van der Waals surface area (Å²) in [5.41, 5.74) is 0.394. The molecule has 1 aliphatic carbocycles. The van der Waals surface area contributed by atoms with Gasteiger partial charge in [-0.3, -0.25) is 0 Å². The van der Waals surface area contributed by atoms with E-state index in [4.69, 9.17) is 0 Å². The quantitative estimate of drug-likeness (QED) is 0.687. The van der Waals surface area contributed by atoms with Crippen LogP contribution in [-0.2, 0) is 0 Å². The first-order valence-electron chi connectivity index (χ1n) is 6.02. The van der Waals surface area contributed by atoms with E-state index in [1.54, 1.807) is 0 Å². The molecule has 0 aliphatic heterocycles. The first-order chi connectivity index (χ1) is 6.59. The summed E-state index contributed by atoms with van der Waals surface area (Å²) in [5.74, 6) is 0.770. The minimum atomic E-state index is -0.540. The molecule has 0 heterocycles. The van der Waals surface area contributed by atoms with Crippen molar-refractivity contribution >= 4 is 0 Å². The fourth-order valence-corrected chi connectivity index (χ4v) is 2.48. The maximum absolute atomic E-state index is 9.56. The zero-order valence-electron chi connectivity index (χ0n) is 11.1. The van der Waals surface area contributed by atoms with E-state index in [-0.39, 0.29) is 0 Å². The highest BCUT2D eigenvalue weighted by Gasteiger charge is 2.63. The molecule has 1 saturated carbocycles. The molecule has 1 rings (SSSR count). The topological polar surface area (TPSA) is 32.3 Å². The Kier molecular flexibility index (Phi) is 3.24. The fourth-order valence-electron chi connectivity index (χ4n) is 2.48. The van der Waals surface area contributed by atoms with Gasteiger partial charge in [-0.05, 0) is 50.1 Å². The maximum atomic E-state index is 9.56. The van der Waals surface area contributed by atoms with Gasteiger partial charge in [0, 0.05) is 0 Å². The van der Waals surface area contributed by atoms with Gasteiger partial charge in [0.1, 0.15) is 0 Å². The van der Waals surface area contributed by atoms with Crippen molar-refractivity contribution in [1.82, 2.24) is 5.32 Å². The maximum Gasteiger partial charge on any atom is 0.0603 e. The van der Waals surface area contributed by atoms with E-state index in [2.05, 4.69) is 33.0 Å². The molecular weight excluding hydrogens is 186 g/mol. The van der Waals surface area contributed by atoms with Crippen molar-refractivity contribution in [2.45, 2.75) is 53.6 Å². The molecule has 0 aromatic rings. The van der Waals surface area contributed by atoms with Gasteiger partial charge in [0.2, 0.25) is 0 Å². The van der Waals surface area contributed by atoms with Crippen molar-refractivity contribution in [3.63, 3.8) is 0 Å². The number of nitrogens with one attached hydrogen (secondary N) is 1. The average molecular weight is 213 g/mol. The van der Waals surface area contributed by atoms with E-state index < -0.39 is 5.60 Å². The largest absolute Gasteiger partial charge is 0.390 e. The van der Waals surface area contributed by atoms with E-state index >= 15 is 0 Å². The van der Waals surface area contributed by atoms with Crippen molar-refractivity contribution < 1.29 is 5.11 Å². The number of rotatable bonds is 5. The molecule has 0 amide bonds. The Morgan fingerprint density at radius 2 is 1.60 bits per heavy atom. The lowest BCUT2D eigenvalue weighted by molar-refractivity contribution is 0.0711. The summed E-state index contributed by atoms with van der Waals surface area (Å²) in [6.07, 6.45) is 0.820. The molecule has 2 nitrogen and oxygen atoms in total. The second-order valence-electron chi connectivity index (χ2n) is 6.76. The monoisotopic (exact) mass is 213 g/mol. The van der Waals surface area contributed by atoms with Gasteiger partial charge >= 0.3 is 0 Å². The van der Waals surface area contributed by atoms with E-state index in [9.17, 15) is 5.11 Å². The third kappa shape index (κ3) is 2.73.